The molecule has 0 aromatic carbocycles. The zero-order valence-electron chi connectivity index (χ0n) is 8.27. The predicted molar refractivity (Wildman–Crippen MR) is 55.2 cm³/mol. The highest BCUT2D eigenvalue weighted by atomic mass is 35.5. The molecule has 4 heteroatoms. The molecular weight excluding hydrogens is 208 g/mol. The van der Waals surface area contributed by atoms with Crippen molar-refractivity contribution in [2.45, 2.75) is 50.5 Å². The van der Waals surface area contributed by atoms with Crippen LogP contribution in [0.1, 0.15) is 38.5 Å². The van der Waals surface area contributed by atoms with Gasteiger partial charge >= 0.3 is 0 Å². The Hall–Kier alpha value is 0.110. The lowest BCUT2D eigenvalue weighted by Crippen LogP contribution is -2.53. The molecule has 1 saturated carbocycles. The Morgan fingerprint density at radius 2 is 1.71 bits per heavy atom. The fraction of sp³-hybridized carbons (Fsp3) is 1.00. The zero-order chi connectivity index (χ0) is 9.31. The van der Waals surface area contributed by atoms with Crippen LogP contribution in [0.2, 0.25) is 0 Å². The summed E-state index contributed by atoms with van der Waals surface area (Å²) in [6, 6.07) is -0.524. The van der Waals surface area contributed by atoms with Crippen molar-refractivity contribution < 1.29 is 8.78 Å². The summed E-state index contributed by atoms with van der Waals surface area (Å²) < 4.78 is 26.9. The number of hydrogen-bond acceptors (Lipinski definition) is 1. The van der Waals surface area contributed by atoms with Crippen LogP contribution in [0.15, 0.2) is 0 Å². The summed E-state index contributed by atoms with van der Waals surface area (Å²) in [5.41, 5.74) is 0. The van der Waals surface area contributed by atoms with E-state index in [1.165, 1.54) is 0 Å². The first-order valence-corrected chi connectivity index (χ1v) is 5.31. The van der Waals surface area contributed by atoms with Gasteiger partial charge < -0.3 is 5.32 Å². The minimum absolute atomic E-state index is 0. The molecule has 0 aromatic rings. The SMILES string of the molecule is Cl.FC1(F)CCCNC1C1CCCC1. The van der Waals surface area contributed by atoms with E-state index in [0.717, 1.165) is 32.2 Å². The van der Waals surface area contributed by atoms with Crippen molar-refractivity contribution in [1.29, 1.82) is 0 Å². The van der Waals surface area contributed by atoms with Crippen LogP contribution in [0, 0.1) is 5.92 Å². The molecule has 2 fully saturated rings. The van der Waals surface area contributed by atoms with Crippen LogP contribution in [-0.2, 0) is 0 Å². The molecule has 2 rings (SSSR count). The second kappa shape index (κ2) is 4.75. The Balaban J connectivity index is 0.000000980. The molecule has 0 bridgehead atoms. The second-order valence-electron chi connectivity index (χ2n) is 4.34. The molecule has 1 nitrogen and oxygen atoms in total. The Labute approximate surface area is 90.0 Å². The number of nitrogens with one attached hydrogen (secondary N) is 1. The van der Waals surface area contributed by atoms with Gasteiger partial charge in [0, 0.05) is 6.42 Å². The molecule has 1 heterocycles. The molecule has 84 valence electrons. The first-order valence-electron chi connectivity index (χ1n) is 5.31. The molecule has 1 aliphatic heterocycles. The van der Waals surface area contributed by atoms with Crippen LogP contribution < -0.4 is 5.32 Å². The summed E-state index contributed by atoms with van der Waals surface area (Å²) in [5.74, 6) is -2.22. The molecule has 1 N–H and O–H groups in total. The smallest absolute Gasteiger partial charge is 0.263 e. The number of piperidine rings is 1. The summed E-state index contributed by atoms with van der Waals surface area (Å²) in [5, 5.41) is 3.00. The van der Waals surface area contributed by atoms with Gasteiger partial charge in [0.15, 0.2) is 0 Å². The van der Waals surface area contributed by atoms with Crippen molar-refractivity contribution in [3.63, 3.8) is 0 Å². The normalized spacial score (nSPS) is 32.6. The van der Waals surface area contributed by atoms with E-state index in [2.05, 4.69) is 5.32 Å². The maximum Gasteiger partial charge on any atom is 0.263 e. The van der Waals surface area contributed by atoms with Crippen molar-refractivity contribution in [3.05, 3.63) is 0 Å². The quantitative estimate of drug-likeness (QED) is 0.724. The third-order valence-electron chi connectivity index (χ3n) is 3.38. The summed E-state index contributed by atoms with van der Waals surface area (Å²) in [7, 11) is 0. The fourth-order valence-corrected chi connectivity index (χ4v) is 2.69. The molecule has 0 aromatic heterocycles. The molecule has 2 aliphatic rings. The van der Waals surface area contributed by atoms with Gasteiger partial charge in [0.1, 0.15) is 0 Å². The minimum atomic E-state index is -2.45. The average Bonchev–Trinajstić information content (AvgIpc) is 2.55. The van der Waals surface area contributed by atoms with E-state index in [4.69, 9.17) is 0 Å². The average molecular weight is 226 g/mol. The van der Waals surface area contributed by atoms with Crippen LogP contribution >= 0.6 is 12.4 Å². The summed E-state index contributed by atoms with van der Waals surface area (Å²) in [6.45, 7) is 0.775. The van der Waals surface area contributed by atoms with E-state index in [1.807, 2.05) is 0 Å². The van der Waals surface area contributed by atoms with Crippen LogP contribution in [0.3, 0.4) is 0 Å². The standard InChI is InChI=1S/C10H17F2N.ClH/c11-10(12)6-3-7-13-9(10)8-4-1-2-5-8;/h8-9,13H,1-7H2;1H. The van der Waals surface area contributed by atoms with Crippen molar-refractivity contribution in [1.82, 2.24) is 5.32 Å². The highest BCUT2D eigenvalue weighted by Crippen LogP contribution is 2.38. The first-order chi connectivity index (χ1) is 6.20. The van der Waals surface area contributed by atoms with Gasteiger partial charge in [-0.2, -0.15) is 0 Å². The summed E-state index contributed by atoms with van der Waals surface area (Å²) >= 11 is 0. The number of rotatable bonds is 1. The largest absolute Gasteiger partial charge is 0.308 e. The second-order valence-corrected chi connectivity index (χ2v) is 4.34. The van der Waals surface area contributed by atoms with E-state index in [-0.39, 0.29) is 24.7 Å². The van der Waals surface area contributed by atoms with Gasteiger partial charge in [0.2, 0.25) is 0 Å². The summed E-state index contributed by atoms with van der Waals surface area (Å²) in [4.78, 5) is 0. The van der Waals surface area contributed by atoms with E-state index in [9.17, 15) is 8.78 Å². The van der Waals surface area contributed by atoms with Crippen molar-refractivity contribution in [2.75, 3.05) is 6.54 Å². The van der Waals surface area contributed by atoms with E-state index in [1.54, 1.807) is 0 Å². The monoisotopic (exact) mass is 225 g/mol. The molecule has 1 saturated heterocycles. The van der Waals surface area contributed by atoms with E-state index < -0.39 is 12.0 Å². The predicted octanol–water partition coefficient (Wildman–Crippen LogP) is 2.99. The van der Waals surface area contributed by atoms with E-state index in [0.29, 0.717) is 6.42 Å². The Bertz CT molecular complexity index is 181. The molecule has 1 aliphatic carbocycles. The van der Waals surface area contributed by atoms with Gasteiger partial charge in [-0.3, -0.25) is 0 Å². The van der Waals surface area contributed by atoms with Crippen molar-refractivity contribution in [3.8, 4) is 0 Å². The Kier molecular flexibility index (Phi) is 4.14. The van der Waals surface area contributed by atoms with E-state index >= 15 is 0 Å². The minimum Gasteiger partial charge on any atom is -0.308 e. The van der Waals surface area contributed by atoms with Gasteiger partial charge in [-0.05, 0) is 31.7 Å². The third kappa shape index (κ3) is 2.37. The topological polar surface area (TPSA) is 12.0 Å². The van der Waals surface area contributed by atoms with Gasteiger partial charge in [0.05, 0.1) is 6.04 Å². The van der Waals surface area contributed by atoms with Gasteiger partial charge in [-0.25, -0.2) is 8.78 Å². The first kappa shape index (κ1) is 12.2. The molecule has 14 heavy (non-hydrogen) atoms. The van der Waals surface area contributed by atoms with Crippen LogP contribution in [0.25, 0.3) is 0 Å². The lowest BCUT2D eigenvalue weighted by molar-refractivity contribution is -0.0777. The van der Waals surface area contributed by atoms with Gasteiger partial charge in [0.25, 0.3) is 5.92 Å². The van der Waals surface area contributed by atoms with Crippen molar-refractivity contribution in [2.24, 2.45) is 5.92 Å². The number of halogens is 3. The van der Waals surface area contributed by atoms with Crippen molar-refractivity contribution >= 4 is 12.4 Å². The number of alkyl halides is 2. The van der Waals surface area contributed by atoms with Gasteiger partial charge in [-0.1, -0.05) is 12.8 Å². The molecule has 0 spiro atoms. The number of hydrogen-bond donors (Lipinski definition) is 1. The molecule has 1 unspecified atom stereocenters. The highest BCUT2D eigenvalue weighted by molar-refractivity contribution is 5.85. The Morgan fingerprint density at radius 3 is 2.29 bits per heavy atom. The lowest BCUT2D eigenvalue weighted by Gasteiger charge is -2.36. The van der Waals surface area contributed by atoms with Crippen LogP contribution in [0.5, 0.6) is 0 Å². The Morgan fingerprint density at radius 1 is 1.07 bits per heavy atom. The van der Waals surface area contributed by atoms with Gasteiger partial charge in [-0.15, -0.1) is 12.4 Å². The fourth-order valence-electron chi connectivity index (χ4n) is 2.69. The molecular formula is C10H18ClF2N. The lowest BCUT2D eigenvalue weighted by atomic mass is 9.88. The molecule has 0 radical (unpaired) electrons. The maximum absolute atomic E-state index is 13.5. The molecule has 0 amide bonds. The third-order valence-corrected chi connectivity index (χ3v) is 3.38. The summed E-state index contributed by atoms with van der Waals surface area (Å²) in [6.07, 6.45) is 4.97. The maximum atomic E-state index is 13.5. The van der Waals surface area contributed by atoms with Crippen LogP contribution in [0.4, 0.5) is 8.78 Å². The zero-order valence-corrected chi connectivity index (χ0v) is 9.09. The highest BCUT2D eigenvalue weighted by Gasteiger charge is 2.45. The molecule has 1 atom stereocenters. The van der Waals surface area contributed by atoms with Crippen LogP contribution in [-0.4, -0.2) is 18.5 Å².